The fraction of sp³-hybridized carbons (Fsp3) is 0.278. The van der Waals surface area contributed by atoms with Crippen molar-refractivity contribution in [1.82, 2.24) is 9.27 Å². The Kier molecular flexibility index (Phi) is 4.44. The van der Waals surface area contributed by atoms with E-state index >= 15 is 0 Å². The van der Waals surface area contributed by atoms with E-state index in [-0.39, 0.29) is 18.9 Å². The Balaban J connectivity index is 1.33. The fourth-order valence-corrected chi connectivity index (χ4v) is 3.89. The van der Waals surface area contributed by atoms with Gasteiger partial charge in [-0.05, 0) is 29.8 Å². The van der Waals surface area contributed by atoms with Crippen molar-refractivity contribution >= 4 is 21.6 Å². The number of fused-ring (bicyclic) bond motifs is 2. The minimum Gasteiger partial charge on any atom is -0.454 e. The fourth-order valence-electron chi connectivity index (χ4n) is 2.83. The number of hydrogen-bond donors (Lipinski definition) is 2. The normalized spacial score (nSPS) is 14.1. The first-order valence-electron chi connectivity index (χ1n) is 8.07. The molecule has 0 saturated heterocycles. The molecule has 0 amide bonds. The van der Waals surface area contributed by atoms with E-state index in [9.17, 15) is 9.90 Å². The van der Waals surface area contributed by atoms with E-state index in [1.54, 1.807) is 3.96 Å². The summed E-state index contributed by atoms with van der Waals surface area (Å²) >= 11 is 1.38. The Morgan fingerprint density at radius 2 is 2.04 bits per heavy atom. The van der Waals surface area contributed by atoms with Gasteiger partial charge in [0.2, 0.25) is 6.79 Å². The lowest BCUT2D eigenvalue weighted by molar-refractivity contribution is 0.154. The van der Waals surface area contributed by atoms with Gasteiger partial charge >= 0.3 is 0 Å². The van der Waals surface area contributed by atoms with Gasteiger partial charge in [-0.1, -0.05) is 29.7 Å². The molecule has 0 saturated carbocycles. The molecule has 130 valence electrons. The average Bonchev–Trinajstić information content (AvgIpc) is 3.20. The van der Waals surface area contributed by atoms with Gasteiger partial charge in [-0.25, -0.2) is 0 Å². The second-order valence-electron chi connectivity index (χ2n) is 5.93. The van der Waals surface area contributed by atoms with E-state index in [0.29, 0.717) is 18.5 Å². The van der Waals surface area contributed by atoms with Gasteiger partial charge in [0.25, 0.3) is 5.56 Å². The molecule has 3 aromatic rings. The topological polar surface area (TPSA) is 72.7 Å². The van der Waals surface area contributed by atoms with Crippen molar-refractivity contribution in [2.24, 2.45) is 0 Å². The first-order valence-corrected chi connectivity index (χ1v) is 8.84. The summed E-state index contributed by atoms with van der Waals surface area (Å²) in [5.74, 6) is 1.50. The second-order valence-corrected chi connectivity index (χ2v) is 6.99. The second kappa shape index (κ2) is 6.87. The third-order valence-corrected chi connectivity index (χ3v) is 5.16. The molecular formula is C18H18N2O4S. The summed E-state index contributed by atoms with van der Waals surface area (Å²) in [5.41, 5.74) is 1.01. The maximum absolute atomic E-state index is 12.3. The lowest BCUT2D eigenvalue weighted by Crippen LogP contribution is -2.31. The highest BCUT2D eigenvalue weighted by atomic mass is 32.1. The van der Waals surface area contributed by atoms with Gasteiger partial charge in [-0.15, -0.1) is 0 Å². The summed E-state index contributed by atoms with van der Waals surface area (Å²) in [5, 5.41) is 14.1. The lowest BCUT2D eigenvalue weighted by Gasteiger charge is -2.12. The summed E-state index contributed by atoms with van der Waals surface area (Å²) in [4.78, 5) is 12.3. The van der Waals surface area contributed by atoms with Crippen LogP contribution in [0.15, 0.2) is 47.3 Å². The smallest absolute Gasteiger partial charge is 0.268 e. The molecule has 1 aliphatic rings. The van der Waals surface area contributed by atoms with E-state index in [1.165, 1.54) is 11.5 Å². The third kappa shape index (κ3) is 3.39. The van der Waals surface area contributed by atoms with Crippen LogP contribution in [0, 0.1) is 0 Å². The molecule has 1 aliphatic heterocycles. The molecule has 0 spiro atoms. The van der Waals surface area contributed by atoms with Crippen LogP contribution in [0.25, 0.3) is 10.1 Å². The Labute approximate surface area is 148 Å². The molecule has 0 radical (unpaired) electrons. The molecule has 6 nitrogen and oxygen atoms in total. The minimum atomic E-state index is -0.639. The molecule has 2 N–H and O–H groups in total. The van der Waals surface area contributed by atoms with E-state index in [0.717, 1.165) is 21.8 Å². The van der Waals surface area contributed by atoms with Crippen LogP contribution in [0.5, 0.6) is 11.5 Å². The van der Waals surface area contributed by atoms with E-state index < -0.39 is 6.10 Å². The maximum atomic E-state index is 12.3. The quantitative estimate of drug-likeness (QED) is 0.705. The van der Waals surface area contributed by atoms with Crippen LogP contribution < -0.4 is 20.3 Å². The van der Waals surface area contributed by atoms with Crippen molar-refractivity contribution in [3.63, 3.8) is 0 Å². The van der Waals surface area contributed by atoms with Gasteiger partial charge < -0.3 is 19.9 Å². The number of rotatable bonds is 6. The number of ether oxygens (including phenoxy) is 2. The Bertz CT molecular complexity index is 950. The zero-order valence-electron chi connectivity index (χ0n) is 13.5. The van der Waals surface area contributed by atoms with Gasteiger partial charge in [-0.2, -0.15) is 0 Å². The molecule has 25 heavy (non-hydrogen) atoms. The monoisotopic (exact) mass is 358 g/mol. The zero-order chi connectivity index (χ0) is 17.2. The standard InChI is InChI=1S/C18H18N2O4S/c21-13(10-20-18(22)14-3-1-2-4-17(14)25-20)9-19-8-12-5-6-15-16(7-12)24-11-23-15/h1-7,13,19,21H,8-11H2. The van der Waals surface area contributed by atoms with E-state index in [4.69, 9.17) is 9.47 Å². The molecule has 2 aromatic carbocycles. The zero-order valence-corrected chi connectivity index (χ0v) is 14.3. The number of nitrogens with one attached hydrogen (secondary N) is 1. The largest absolute Gasteiger partial charge is 0.454 e. The van der Waals surface area contributed by atoms with Crippen LogP contribution in [0.4, 0.5) is 0 Å². The van der Waals surface area contributed by atoms with Gasteiger partial charge in [0.05, 0.1) is 22.7 Å². The number of benzene rings is 2. The molecule has 0 aliphatic carbocycles. The molecule has 1 unspecified atom stereocenters. The molecule has 0 fully saturated rings. The molecular weight excluding hydrogens is 340 g/mol. The third-order valence-electron chi connectivity index (χ3n) is 4.08. The van der Waals surface area contributed by atoms with E-state index in [1.807, 2.05) is 42.5 Å². The number of nitrogens with zero attached hydrogens (tertiary/aromatic N) is 1. The van der Waals surface area contributed by atoms with Crippen molar-refractivity contribution in [3.8, 4) is 11.5 Å². The van der Waals surface area contributed by atoms with Crippen molar-refractivity contribution in [3.05, 3.63) is 58.4 Å². The van der Waals surface area contributed by atoms with Crippen LogP contribution in [-0.4, -0.2) is 28.5 Å². The molecule has 1 atom stereocenters. The van der Waals surface area contributed by atoms with Crippen LogP contribution in [0.3, 0.4) is 0 Å². The molecule has 4 rings (SSSR count). The SMILES string of the molecule is O=c1c2ccccc2sn1CC(O)CNCc1ccc2c(c1)OCO2. The number of aliphatic hydroxyl groups excluding tert-OH is 1. The number of aliphatic hydroxyl groups is 1. The maximum Gasteiger partial charge on any atom is 0.268 e. The summed E-state index contributed by atoms with van der Waals surface area (Å²) in [6.07, 6.45) is -0.639. The van der Waals surface area contributed by atoms with Gasteiger partial charge in [-0.3, -0.25) is 8.75 Å². The Morgan fingerprint density at radius 3 is 2.92 bits per heavy atom. The highest BCUT2D eigenvalue weighted by Gasteiger charge is 2.14. The Hall–Kier alpha value is -2.35. The van der Waals surface area contributed by atoms with Crippen molar-refractivity contribution < 1.29 is 14.6 Å². The summed E-state index contributed by atoms with van der Waals surface area (Å²) in [6.45, 7) is 1.55. The van der Waals surface area contributed by atoms with Crippen LogP contribution in [0.2, 0.25) is 0 Å². The molecule has 0 bridgehead atoms. The van der Waals surface area contributed by atoms with E-state index in [2.05, 4.69) is 5.32 Å². The van der Waals surface area contributed by atoms with Gasteiger partial charge in [0.15, 0.2) is 11.5 Å². The molecule has 2 heterocycles. The van der Waals surface area contributed by atoms with Crippen molar-refractivity contribution in [2.75, 3.05) is 13.3 Å². The predicted octanol–water partition coefficient (Wildman–Crippen LogP) is 1.94. The first-order chi connectivity index (χ1) is 12.2. The van der Waals surface area contributed by atoms with Crippen LogP contribution >= 0.6 is 11.5 Å². The van der Waals surface area contributed by atoms with Crippen LogP contribution in [-0.2, 0) is 13.1 Å². The minimum absolute atomic E-state index is 0.0459. The summed E-state index contributed by atoms with van der Waals surface area (Å²) in [6, 6.07) is 13.3. The highest BCUT2D eigenvalue weighted by Crippen LogP contribution is 2.32. The van der Waals surface area contributed by atoms with Gasteiger partial charge in [0.1, 0.15) is 0 Å². The highest BCUT2D eigenvalue weighted by molar-refractivity contribution is 7.13. The number of hydrogen-bond acceptors (Lipinski definition) is 6. The summed E-state index contributed by atoms with van der Waals surface area (Å²) < 4.78 is 13.2. The average molecular weight is 358 g/mol. The first kappa shape index (κ1) is 16.1. The van der Waals surface area contributed by atoms with Crippen molar-refractivity contribution in [1.29, 1.82) is 0 Å². The molecule has 7 heteroatoms. The van der Waals surface area contributed by atoms with Crippen LogP contribution in [0.1, 0.15) is 5.56 Å². The Morgan fingerprint density at radius 1 is 1.20 bits per heavy atom. The van der Waals surface area contributed by atoms with Crippen molar-refractivity contribution in [2.45, 2.75) is 19.2 Å². The summed E-state index contributed by atoms with van der Waals surface area (Å²) in [7, 11) is 0. The predicted molar refractivity (Wildman–Crippen MR) is 96.4 cm³/mol. The van der Waals surface area contributed by atoms with Gasteiger partial charge in [0, 0.05) is 13.1 Å². The molecule has 1 aromatic heterocycles. The lowest BCUT2D eigenvalue weighted by atomic mass is 10.2. The number of aromatic nitrogens is 1.